The molecule has 0 heterocycles. The molecule has 0 aliphatic carbocycles. The molecule has 1 N–H and O–H groups in total. The quantitative estimate of drug-likeness (QED) is 0.736. The molecule has 0 aromatic heterocycles. The molecule has 2 aromatic rings. The van der Waals surface area contributed by atoms with Gasteiger partial charge in [0.05, 0.1) is 11.9 Å². The number of rotatable bonds is 8. The number of carbonyl (C=O) groups is 1. The molecule has 0 saturated heterocycles. The molecule has 0 radical (unpaired) electrons. The zero-order valence-electron chi connectivity index (χ0n) is 17.1. The summed E-state index contributed by atoms with van der Waals surface area (Å²) in [6.45, 7) is 6.45. The van der Waals surface area contributed by atoms with Crippen LogP contribution < -0.4 is 14.5 Å². The van der Waals surface area contributed by atoms with E-state index in [1.54, 1.807) is 19.1 Å². The SMILES string of the molecule is Cc1cc(C)cc(N([C@H](C)C(=O)NCCN(C)c2ccccc2)S(C)(=O)=O)c1. The summed E-state index contributed by atoms with van der Waals surface area (Å²) in [4.78, 5) is 14.7. The lowest BCUT2D eigenvalue weighted by Gasteiger charge is -2.29. The second kappa shape index (κ2) is 9.10. The minimum atomic E-state index is -3.62. The fraction of sp³-hybridized carbons (Fsp3) is 0.381. The minimum Gasteiger partial charge on any atom is -0.373 e. The van der Waals surface area contributed by atoms with Crippen LogP contribution in [-0.2, 0) is 14.8 Å². The summed E-state index contributed by atoms with van der Waals surface area (Å²) in [5.41, 5.74) is 3.45. The van der Waals surface area contributed by atoms with E-state index in [2.05, 4.69) is 5.32 Å². The smallest absolute Gasteiger partial charge is 0.243 e. The van der Waals surface area contributed by atoms with E-state index in [1.807, 2.05) is 62.2 Å². The Morgan fingerprint density at radius 2 is 1.61 bits per heavy atom. The molecule has 0 bridgehead atoms. The number of likely N-dealkylation sites (N-methyl/N-ethyl adjacent to an activating group) is 1. The van der Waals surface area contributed by atoms with E-state index in [0.29, 0.717) is 18.8 Å². The van der Waals surface area contributed by atoms with Crippen LogP contribution in [-0.4, -0.2) is 46.8 Å². The lowest BCUT2D eigenvalue weighted by atomic mass is 10.1. The van der Waals surface area contributed by atoms with Gasteiger partial charge in [0, 0.05) is 25.8 Å². The molecule has 7 heteroatoms. The lowest BCUT2D eigenvalue weighted by molar-refractivity contribution is -0.121. The maximum absolute atomic E-state index is 12.7. The van der Waals surface area contributed by atoms with Crippen molar-refractivity contribution in [2.45, 2.75) is 26.8 Å². The molecule has 28 heavy (non-hydrogen) atoms. The number of amides is 1. The predicted octanol–water partition coefficient (Wildman–Crippen LogP) is 2.71. The maximum atomic E-state index is 12.7. The molecule has 0 fully saturated rings. The highest BCUT2D eigenvalue weighted by molar-refractivity contribution is 7.92. The summed E-state index contributed by atoms with van der Waals surface area (Å²) < 4.78 is 26.0. The third-order valence-corrected chi connectivity index (χ3v) is 5.73. The first-order chi connectivity index (χ1) is 13.1. The van der Waals surface area contributed by atoms with Crippen LogP contribution in [0.3, 0.4) is 0 Å². The molecule has 0 aliphatic rings. The molecule has 1 amide bonds. The van der Waals surface area contributed by atoms with E-state index in [-0.39, 0.29) is 5.91 Å². The monoisotopic (exact) mass is 403 g/mol. The Morgan fingerprint density at radius 3 is 2.14 bits per heavy atom. The number of benzene rings is 2. The average molecular weight is 404 g/mol. The average Bonchev–Trinajstić information content (AvgIpc) is 2.60. The Labute approximate surface area is 168 Å². The van der Waals surface area contributed by atoms with E-state index in [0.717, 1.165) is 23.1 Å². The van der Waals surface area contributed by atoms with Crippen molar-refractivity contribution in [3.8, 4) is 0 Å². The van der Waals surface area contributed by atoms with Gasteiger partial charge in [0.1, 0.15) is 6.04 Å². The van der Waals surface area contributed by atoms with Gasteiger partial charge in [-0.15, -0.1) is 0 Å². The normalized spacial score (nSPS) is 12.3. The van der Waals surface area contributed by atoms with Crippen molar-refractivity contribution in [3.63, 3.8) is 0 Å². The highest BCUT2D eigenvalue weighted by Gasteiger charge is 2.29. The van der Waals surface area contributed by atoms with E-state index >= 15 is 0 Å². The van der Waals surface area contributed by atoms with Crippen molar-refractivity contribution in [1.82, 2.24) is 5.32 Å². The number of nitrogens with one attached hydrogen (secondary N) is 1. The fourth-order valence-electron chi connectivity index (χ4n) is 3.19. The molecule has 6 nitrogen and oxygen atoms in total. The van der Waals surface area contributed by atoms with Crippen LogP contribution in [0.4, 0.5) is 11.4 Å². The number of aryl methyl sites for hydroxylation is 2. The number of anilines is 2. The molecule has 0 saturated carbocycles. The van der Waals surface area contributed by atoms with Gasteiger partial charge in [-0.05, 0) is 56.2 Å². The van der Waals surface area contributed by atoms with Crippen LogP contribution in [0, 0.1) is 13.8 Å². The van der Waals surface area contributed by atoms with E-state index < -0.39 is 16.1 Å². The molecule has 2 rings (SSSR count). The van der Waals surface area contributed by atoms with Crippen LogP contribution in [0.25, 0.3) is 0 Å². The molecule has 0 unspecified atom stereocenters. The summed E-state index contributed by atoms with van der Waals surface area (Å²) in [5.74, 6) is -0.328. The Balaban J connectivity index is 2.07. The molecule has 2 aromatic carbocycles. The Kier molecular flexibility index (Phi) is 7.07. The largest absolute Gasteiger partial charge is 0.373 e. The molecule has 0 spiro atoms. The van der Waals surface area contributed by atoms with Crippen molar-refractivity contribution >= 4 is 27.3 Å². The van der Waals surface area contributed by atoms with Crippen LogP contribution >= 0.6 is 0 Å². The molecule has 152 valence electrons. The van der Waals surface area contributed by atoms with Crippen LogP contribution in [0.15, 0.2) is 48.5 Å². The molecule has 1 atom stereocenters. The van der Waals surface area contributed by atoms with E-state index in [9.17, 15) is 13.2 Å². The Morgan fingerprint density at radius 1 is 1.04 bits per heavy atom. The topological polar surface area (TPSA) is 69.7 Å². The summed E-state index contributed by atoms with van der Waals surface area (Å²) in [5, 5.41) is 2.85. The van der Waals surface area contributed by atoms with Crippen LogP contribution in [0.5, 0.6) is 0 Å². The second-order valence-corrected chi connectivity index (χ2v) is 8.99. The van der Waals surface area contributed by atoms with Gasteiger partial charge in [-0.3, -0.25) is 9.10 Å². The number of carbonyl (C=O) groups excluding carboxylic acids is 1. The Hall–Kier alpha value is -2.54. The van der Waals surface area contributed by atoms with Gasteiger partial charge in [-0.1, -0.05) is 24.3 Å². The summed E-state index contributed by atoms with van der Waals surface area (Å²) >= 11 is 0. The predicted molar refractivity (Wildman–Crippen MR) is 115 cm³/mol. The van der Waals surface area contributed by atoms with Crippen molar-refractivity contribution < 1.29 is 13.2 Å². The van der Waals surface area contributed by atoms with Crippen LogP contribution in [0.2, 0.25) is 0 Å². The third-order valence-electron chi connectivity index (χ3n) is 4.49. The highest BCUT2D eigenvalue weighted by atomic mass is 32.2. The maximum Gasteiger partial charge on any atom is 0.243 e. The van der Waals surface area contributed by atoms with Crippen LogP contribution in [0.1, 0.15) is 18.1 Å². The summed E-state index contributed by atoms with van der Waals surface area (Å²) in [7, 11) is -1.67. The van der Waals surface area contributed by atoms with Gasteiger partial charge in [0.15, 0.2) is 0 Å². The minimum absolute atomic E-state index is 0.328. The number of hydrogen-bond donors (Lipinski definition) is 1. The van der Waals surface area contributed by atoms with Gasteiger partial charge in [0.25, 0.3) is 0 Å². The first kappa shape index (κ1) is 21.8. The second-order valence-electron chi connectivity index (χ2n) is 7.13. The summed E-state index contributed by atoms with van der Waals surface area (Å²) in [6, 6.07) is 14.5. The zero-order valence-corrected chi connectivity index (χ0v) is 18.0. The zero-order chi connectivity index (χ0) is 20.9. The molecule has 0 aliphatic heterocycles. The highest BCUT2D eigenvalue weighted by Crippen LogP contribution is 2.23. The fourth-order valence-corrected chi connectivity index (χ4v) is 4.35. The van der Waals surface area contributed by atoms with Crippen molar-refractivity contribution in [2.24, 2.45) is 0 Å². The first-order valence-electron chi connectivity index (χ1n) is 9.21. The Bertz CT molecular complexity index is 893. The van der Waals surface area contributed by atoms with Crippen molar-refractivity contribution in [1.29, 1.82) is 0 Å². The molecular formula is C21H29N3O3S. The van der Waals surface area contributed by atoms with Gasteiger partial charge in [0.2, 0.25) is 15.9 Å². The molecular weight excluding hydrogens is 374 g/mol. The van der Waals surface area contributed by atoms with Gasteiger partial charge < -0.3 is 10.2 Å². The van der Waals surface area contributed by atoms with Gasteiger partial charge in [-0.25, -0.2) is 8.42 Å². The van der Waals surface area contributed by atoms with Crippen molar-refractivity contribution in [2.75, 3.05) is 35.6 Å². The number of sulfonamides is 1. The van der Waals surface area contributed by atoms with Crippen molar-refractivity contribution in [3.05, 3.63) is 59.7 Å². The first-order valence-corrected chi connectivity index (χ1v) is 11.1. The summed E-state index contributed by atoms with van der Waals surface area (Å²) in [6.07, 6.45) is 1.12. The third kappa shape index (κ3) is 5.73. The standard InChI is InChI=1S/C21H29N3O3S/c1-16-13-17(2)15-20(14-16)24(28(5,26)27)18(3)21(25)22-11-12-23(4)19-9-7-6-8-10-19/h6-10,13-15,18H,11-12H2,1-5H3,(H,22,25)/t18-/m1/s1. The van der Waals surface area contributed by atoms with E-state index in [1.165, 1.54) is 4.31 Å². The van der Waals surface area contributed by atoms with E-state index in [4.69, 9.17) is 0 Å². The van der Waals surface area contributed by atoms with Gasteiger partial charge in [-0.2, -0.15) is 0 Å². The number of para-hydroxylation sites is 1. The van der Waals surface area contributed by atoms with Gasteiger partial charge >= 0.3 is 0 Å². The lowest BCUT2D eigenvalue weighted by Crippen LogP contribution is -2.49. The number of nitrogens with zero attached hydrogens (tertiary/aromatic N) is 2. The number of hydrogen-bond acceptors (Lipinski definition) is 4.